The van der Waals surface area contributed by atoms with Crippen LogP contribution in [0.15, 0.2) is 48.8 Å². The standard InChI is InChI=1S/C25H31F3N4O2/c1-31-17-22(30-15-18-8-10-21(11-9-18)25(26,27)28)7-3-6-20(13-23(31)33)24(34)32(2)16-19-5-4-12-29-14-19/h4-5,8-12,14,20,22,30H,3,6-7,13,15-17H2,1-2H3/t20-,22-/m1/s1. The van der Waals surface area contributed by atoms with Crippen LogP contribution in [0.3, 0.4) is 0 Å². The molecular weight excluding hydrogens is 445 g/mol. The zero-order valence-electron chi connectivity index (χ0n) is 19.5. The van der Waals surface area contributed by atoms with Gasteiger partial charge in [-0.15, -0.1) is 0 Å². The van der Waals surface area contributed by atoms with E-state index in [2.05, 4.69) is 10.3 Å². The van der Waals surface area contributed by atoms with Gasteiger partial charge in [0.1, 0.15) is 0 Å². The number of hydrogen-bond acceptors (Lipinski definition) is 4. The van der Waals surface area contributed by atoms with E-state index in [1.807, 2.05) is 12.1 Å². The minimum Gasteiger partial charge on any atom is -0.344 e. The molecule has 0 radical (unpaired) electrons. The van der Waals surface area contributed by atoms with E-state index >= 15 is 0 Å². The van der Waals surface area contributed by atoms with E-state index in [0.29, 0.717) is 26.1 Å². The van der Waals surface area contributed by atoms with Crippen LogP contribution in [-0.2, 0) is 28.9 Å². The highest BCUT2D eigenvalue weighted by atomic mass is 19.4. The second-order valence-electron chi connectivity index (χ2n) is 8.93. The first-order valence-electron chi connectivity index (χ1n) is 11.4. The molecule has 0 aliphatic carbocycles. The largest absolute Gasteiger partial charge is 0.416 e. The van der Waals surface area contributed by atoms with Crippen LogP contribution < -0.4 is 5.32 Å². The molecule has 1 N–H and O–H groups in total. The fourth-order valence-corrected chi connectivity index (χ4v) is 4.21. The summed E-state index contributed by atoms with van der Waals surface area (Å²) >= 11 is 0. The molecule has 2 aromatic rings. The number of nitrogens with zero attached hydrogens (tertiary/aromatic N) is 3. The number of carbonyl (C=O) groups is 2. The molecule has 1 aliphatic heterocycles. The van der Waals surface area contributed by atoms with Gasteiger partial charge in [0.2, 0.25) is 11.8 Å². The summed E-state index contributed by atoms with van der Waals surface area (Å²) in [4.78, 5) is 33.2. The average molecular weight is 477 g/mol. The van der Waals surface area contributed by atoms with Gasteiger partial charge in [-0.1, -0.05) is 24.6 Å². The third kappa shape index (κ3) is 7.28. The Bertz CT molecular complexity index is 951. The van der Waals surface area contributed by atoms with Crippen molar-refractivity contribution >= 4 is 11.8 Å². The Labute approximate surface area is 198 Å². The number of carbonyl (C=O) groups excluding carboxylic acids is 2. The molecule has 0 saturated carbocycles. The number of pyridine rings is 1. The van der Waals surface area contributed by atoms with E-state index in [9.17, 15) is 22.8 Å². The van der Waals surface area contributed by atoms with Gasteiger partial charge < -0.3 is 15.1 Å². The molecule has 6 nitrogen and oxygen atoms in total. The Hall–Kier alpha value is -2.94. The Kier molecular flexibility index (Phi) is 8.66. The average Bonchev–Trinajstić information content (AvgIpc) is 2.87. The molecule has 1 aromatic heterocycles. The number of nitrogens with one attached hydrogen (secondary N) is 1. The number of benzene rings is 1. The van der Waals surface area contributed by atoms with Crippen molar-refractivity contribution in [3.8, 4) is 0 Å². The molecule has 1 saturated heterocycles. The lowest BCUT2D eigenvalue weighted by Crippen LogP contribution is -2.42. The number of hydrogen-bond donors (Lipinski definition) is 1. The van der Waals surface area contributed by atoms with Crippen LogP contribution in [0.5, 0.6) is 0 Å². The summed E-state index contributed by atoms with van der Waals surface area (Å²) in [5.74, 6) is -0.525. The van der Waals surface area contributed by atoms with Gasteiger partial charge in [-0.3, -0.25) is 14.6 Å². The summed E-state index contributed by atoms with van der Waals surface area (Å²) in [6, 6.07) is 8.80. The third-order valence-corrected chi connectivity index (χ3v) is 6.19. The number of rotatable bonds is 6. The molecule has 2 atom stereocenters. The normalized spacial score (nSPS) is 19.8. The zero-order valence-corrected chi connectivity index (χ0v) is 19.5. The predicted molar refractivity (Wildman–Crippen MR) is 122 cm³/mol. The third-order valence-electron chi connectivity index (χ3n) is 6.19. The highest BCUT2D eigenvalue weighted by Gasteiger charge is 2.30. The molecule has 1 aliphatic rings. The molecule has 0 unspecified atom stereocenters. The maximum Gasteiger partial charge on any atom is 0.416 e. The van der Waals surface area contributed by atoms with E-state index in [1.165, 1.54) is 12.1 Å². The number of halogens is 3. The van der Waals surface area contributed by atoms with Crippen molar-refractivity contribution < 1.29 is 22.8 Å². The molecule has 2 heterocycles. The van der Waals surface area contributed by atoms with Crippen LogP contribution in [-0.4, -0.2) is 53.3 Å². The summed E-state index contributed by atoms with van der Waals surface area (Å²) in [6.45, 7) is 1.32. The molecule has 3 rings (SSSR count). The monoisotopic (exact) mass is 476 g/mol. The van der Waals surface area contributed by atoms with Crippen LogP contribution in [0.2, 0.25) is 0 Å². The minimum atomic E-state index is -4.35. The van der Waals surface area contributed by atoms with Gasteiger partial charge in [-0.05, 0) is 42.2 Å². The maximum absolute atomic E-state index is 13.1. The smallest absolute Gasteiger partial charge is 0.344 e. The van der Waals surface area contributed by atoms with E-state index in [0.717, 1.165) is 36.1 Å². The SMILES string of the molecule is CN1C[C@H](NCc2ccc(C(F)(F)F)cc2)CCC[C@@H](C(=O)N(C)Cc2cccnc2)CC1=O. The van der Waals surface area contributed by atoms with Crippen LogP contribution in [0.25, 0.3) is 0 Å². The summed E-state index contributed by atoms with van der Waals surface area (Å²) in [7, 11) is 3.46. The van der Waals surface area contributed by atoms with Crippen LogP contribution in [0, 0.1) is 5.92 Å². The zero-order chi connectivity index (χ0) is 24.7. The van der Waals surface area contributed by atoms with E-state index < -0.39 is 11.7 Å². The summed E-state index contributed by atoms with van der Waals surface area (Å²) in [5, 5.41) is 3.36. The van der Waals surface area contributed by atoms with Gasteiger partial charge >= 0.3 is 6.18 Å². The van der Waals surface area contributed by atoms with E-state index in [4.69, 9.17) is 0 Å². The Morgan fingerprint density at radius 1 is 1.18 bits per heavy atom. The van der Waals surface area contributed by atoms with Crippen LogP contribution in [0.4, 0.5) is 13.2 Å². The lowest BCUT2D eigenvalue weighted by atomic mass is 9.95. The van der Waals surface area contributed by atoms with E-state index in [1.54, 1.807) is 36.3 Å². The fourth-order valence-electron chi connectivity index (χ4n) is 4.21. The van der Waals surface area contributed by atoms with Crippen molar-refractivity contribution in [1.29, 1.82) is 0 Å². The van der Waals surface area contributed by atoms with Crippen molar-refractivity contribution in [2.75, 3.05) is 20.6 Å². The van der Waals surface area contributed by atoms with Crippen LogP contribution in [0.1, 0.15) is 42.4 Å². The molecule has 2 amide bonds. The quantitative estimate of drug-likeness (QED) is 0.688. The summed E-state index contributed by atoms with van der Waals surface area (Å²) in [6.07, 6.45) is 1.34. The Morgan fingerprint density at radius 3 is 2.56 bits per heavy atom. The van der Waals surface area contributed by atoms with Gasteiger partial charge in [0, 0.05) is 64.5 Å². The summed E-state index contributed by atoms with van der Waals surface area (Å²) < 4.78 is 38.3. The second kappa shape index (κ2) is 11.5. The molecule has 1 fully saturated rings. The molecule has 34 heavy (non-hydrogen) atoms. The number of amides is 2. The Morgan fingerprint density at radius 2 is 1.91 bits per heavy atom. The maximum atomic E-state index is 13.1. The van der Waals surface area contributed by atoms with Crippen molar-refractivity contribution in [3.05, 3.63) is 65.5 Å². The topological polar surface area (TPSA) is 65.5 Å². The fraction of sp³-hybridized carbons (Fsp3) is 0.480. The first-order valence-corrected chi connectivity index (χ1v) is 11.4. The van der Waals surface area contributed by atoms with Gasteiger partial charge in [0.05, 0.1) is 5.56 Å². The molecule has 1 aromatic carbocycles. The molecule has 9 heteroatoms. The van der Waals surface area contributed by atoms with Gasteiger partial charge in [0.25, 0.3) is 0 Å². The highest BCUT2D eigenvalue weighted by Crippen LogP contribution is 2.29. The van der Waals surface area contributed by atoms with Gasteiger partial charge in [0.15, 0.2) is 0 Å². The highest BCUT2D eigenvalue weighted by molar-refractivity contribution is 5.85. The first kappa shape index (κ1) is 25.7. The number of aromatic nitrogens is 1. The van der Waals surface area contributed by atoms with Gasteiger partial charge in [-0.2, -0.15) is 13.2 Å². The van der Waals surface area contributed by atoms with Gasteiger partial charge in [-0.25, -0.2) is 0 Å². The van der Waals surface area contributed by atoms with Crippen LogP contribution >= 0.6 is 0 Å². The van der Waals surface area contributed by atoms with Crippen molar-refractivity contribution in [2.45, 2.75) is 51.0 Å². The Balaban J connectivity index is 1.57. The lowest BCUT2D eigenvalue weighted by molar-refractivity contribution is -0.140. The second-order valence-corrected chi connectivity index (χ2v) is 8.93. The molecular formula is C25H31F3N4O2. The number of alkyl halides is 3. The molecule has 184 valence electrons. The number of likely N-dealkylation sites (N-methyl/N-ethyl adjacent to an activating group) is 1. The molecule has 0 bridgehead atoms. The lowest BCUT2D eigenvalue weighted by Gasteiger charge is -2.25. The summed E-state index contributed by atoms with van der Waals surface area (Å²) in [5.41, 5.74) is 0.998. The first-order chi connectivity index (χ1) is 16.1. The molecule has 0 spiro atoms. The predicted octanol–water partition coefficient (Wildman–Crippen LogP) is 3.87. The van der Waals surface area contributed by atoms with Crippen molar-refractivity contribution in [2.24, 2.45) is 5.92 Å². The van der Waals surface area contributed by atoms with E-state index in [-0.39, 0.29) is 30.2 Å². The minimum absolute atomic E-state index is 0.0155. The van der Waals surface area contributed by atoms with Crippen molar-refractivity contribution in [1.82, 2.24) is 20.1 Å². The van der Waals surface area contributed by atoms with Crippen molar-refractivity contribution in [3.63, 3.8) is 0 Å².